The molecule has 2 aromatic carbocycles. The minimum absolute atomic E-state index is 0.115. The van der Waals surface area contributed by atoms with Crippen molar-refractivity contribution in [3.05, 3.63) is 87.9 Å². The number of nitrogens with two attached hydrogens (primary N) is 1. The van der Waals surface area contributed by atoms with Crippen molar-refractivity contribution in [1.82, 2.24) is 15.3 Å². The van der Waals surface area contributed by atoms with E-state index in [0.29, 0.717) is 56.0 Å². The standard InChI is InChI=1S/C24H27NO6.C5H4F3N3/c26-20-9-10-31-21(22(20)27)13-25-23(28)18-11-14-1-5-16(18)6-2-15-4-8-17(7-3-14)19(12-15)24(29)30;6-5(7,8)3-1-10-2-4(9)11-3/h1,4-5,8,11-12,20-22,26-27H,2-3,6-7,9-10,13H2,(H,25,28)(H,29,30);1-2H,(H2,9,11). The van der Waals surface area contributed by atoms with Gasteiger partial charge in [-0.25, -0.2) is 9.78 Å². The molecule has 1 saturated heterocycles. The number of hydrogen-bond acceptors (Lipinski definition) is 8. The topological polar surface area (TPSA) is 168 Å². The summed E-state index contributed by atoms with van der Waals surface area (Å²) in [5.74, 6) is -1.40. The second kappa shape index (κ2) is 13.3. The molecule has 0 radical (unpaired) electrons. The third-order valence-corrected chi connectivity index (χ3v) is 7.12. The first-order valence-electron chi connectivity index (χ1n) is 13.3. The van der Waals surface area contributed by atoms with E-state index in [1.54, 1.807) is 6.07 Å². The van der Waals surface area contributed by atoms with Crippen LogP contribution in [0.1, 0.15) is 55.1 Å². The molecule has 4 bridgehead atoms. The molecule has 0 saturated carbocycles. The minimum Gasteiger partial charge on any atom is -0.478 e. The van der Waals surface area contributed by atoms with Gasteiger partial charge in [0.25, 0.3) is 5.91 Å². The summed E-state index contributed by atoms with van der Waals surface area (Å²) in [5, 5.41) is 32.3. The van der Waals surface area contributed by atoms with Gasteiger partial charge >= 0.3 is 12.1 Å². The number of amides is 1. The monoisotopic (exact) mass is 588 g/mol. The molecule has 1 aliphatic heterocycles. The van der Waals surface area contributed by atoms with Crippen molar-refractivity contribution in [3.63, 3.8) is 0 Å². The van der Waals surface area contributed by atoms with Gasteiger partial charge in [0, 0.05) is 18.7 Å². The molecule has 6 N–H and O–H groups in total. The summed E-state index contributed by atoms with van der Waals surface area (Å²) >= 11 is 0. The Kier molecular flexibility index (Phi) is 9.76. The first-order valence-corrected chi connectivity index (χ1v) is 13.3. The number of aliphatic hydroxyl groups is 2. The fraction of sp³-hybridized carbons (Fsp3) is 0.379. The van der Waals surface area contributed by atoms with E-state index in [1.807, 2.05) is 30.3 Å². The van der Waals surface area contributed by atoms with Crippen LogP contribution >= 0.6 is 0 Å². The quantitative estimate of drug-likeness (QED) is 0.308. The van der Waals surface area contributed by atoms with Gasteiger partial charge in [-0.05, 0) is 66.5 Å². The van der Waals surface area contributed by atoms with Gasteiger partial charge in [-0.3, -0.25) is 9.78 Å². The van der Waals surface area contributed by atoms with Gasteiger partial charge in [0.1, 0.15) is 18.0 Å². The molecule has 1 fully saturated rings. The molecule has 3 aromatic rings. The van der Waals surface area contributed by atoms with Crippen LogP contribution in [0, 0.1) is 0 Å². The summed E-state index contributed by atoms with van der Waals surface area (Å²) in [5.41, 5.74) is 8.38. The van der Waals surface area contributed by atoms with Crippen molar-refractivity contribution in [2.75, 3.05) is 18.9 Å². The first-order chi connectivity index (χ1) is 19.9. The number of anilines is 1. The molecule has 224 valence electrons. The molecule has 0 spiro atoms. The zero-order valence-corrected chi connectivity index (χ0v) is 22.5. The number of halogens is 3. The van der Waals surface area contributed by atoms with Crippen LogP contribution in [0.2, 0.25) is 0 Å². The van der Waals surface area contributed by atoms with Crippen LogP contribution in [-0.4, -0.2) is 68.6 Å². The zero-order valence-electron chi connectivity index (χ0n) is 22.5. The number of carbonyl (C=O) groups is 2. The van der Waals surface area contributed by atoms with Crippen LogP contribution < -0.4 is 11.1 Å². The van der Waals surface area contributed by atoms with Gasteiger partial charge < -0.3 is 31.1 Å². The second-order valence-corrected chi connectivity index (χ2v) is 10.1. The van der Waals surface area contributed by atoms with Crippen LogP contribution in [-0.2, 0) is 36.6 Å². The molecular weight excluding hydrogens is 557 g/mol. The van der Waals surface area contributed by atoms with Gasteiger partial charge in [-0.1, -0.05) is 24.3 Å². The molecule has 42 heavy (non-hydrogen) atoms. The summed E-state index contributed by atoms with van der Waals surface area (Å²) < 4.78 is 40.9. The van der Waals surface area contributed by atoms with Crippen molar-refractivity contribution in [1.29, 1.82) is 0 Å². The lowest BCUT2D eigenvalue weighted by Crippen LogP contribution is -2.50. The highest BCUT2D eigenvalue weighted by Gasteiger charge is 2.33. The summed E-state index contributed by atoms with van der Waals surface area (Å²) in [6.45, 7) is 0.458. The minimum atomic E-state index is -4.47. The van der Waals surface area contributed by atoms with E-state index in [0.717, 1.165) is 28.5 Å². The number of hydrogen-bond donors (Lipinski definition) is 5. The number of aliphatic hydroxyl groups excluding tert-OH is 2. The maximum atomic E-state index is 13.0. The molecule has 10 nitrogen and oxygen atoms in total. The molecule has 2 heterocycles. The predicted octanol–water partition coefficient (Wildman–Crippen LogP) is 2.59. The molecule has 3 unspecified atom stereocenters. The molecule has 8 rings (SSSR count). The third-order valence-electron chi connectivity index (χ3n) is 7.12. The lowest BCUT2D eigenvalue weighted by atomic mass is 9.91. The van der Waals surface area contributed by atoms with Crippen molar-refractivity contribution < 1.29 is 42.8 Å². The Morgan fingerprint density at radius 2 is 1.60 bits per heavy atom. The van der Waals surface area contributed by atoms with Crippen LogP contribution in [0.3, 0.4) is 0 Å². The number of carboxylic acid groups (broad SMARTS) is 1. The van der Waals surface area contributed by atoms with E-state index < -0.39 is 36.2 Å². The van der Waals surface area contributed by atoms with Crippen molar-refractivity contribution in [2.24, 2.45) is 0 Å². The molecule has 1 amide bonds. The number of aryl methyl sites for hydroxylation is 4. The number of nitrogen functional groups attached to an aromatic ring is 1. The number of aromatic nitrogens is 2. The van der Waals surface area contributed by atoms with Gasteiger partial charge in [-0.2, -0.15) is 13.2 Å². The van der Waals surface area contributed by atoms with Crippen molar-refractivity contribution >= 4 is 17.7 Å². The summed E-state index contributed by atoms with van der Waals surface area (Å²) in [6.07, 6.45) is -2.52. The number of aromatic carboxylic acids is 1. The lowest BCUT2D eigenvalue weighted by molar-refractivity contribution is -0.141. The summed E-state index contributed by atoms with van der Waals surface area (Å²) in [7, 11) is 0. The smallest absolute Gasteiger partial charge is 0.434 e. The Morgan fingerprint density at radius 1 is 0.976 bits per heavy atom. The molecule has 3 atom stereocenters. The Labute approximate surface area is 239 Å². The van der Waals surface area contributed by atoms with E-state index in [4.69, 9.17) is 10.5 Å². The average molecular weight is 589 g/mol. The molecular formula is C29H31F3N4O6. The number of carboxylic acids is 1. The Bertz CT molecular complexity index is 1430. The van der Waals surface area contributed by atoms with Crippen molar-refractivity contribution in [3.8, 4) is 0 Å². The zero-order chi connectivity index (χ0) is 30.4. The highest BCUT2D eigenvalue weighted by Crippen LogP contribution is 2.27. The third kappa shape index (κ3) is 7.81. The van der Waals surface area contributed by atoms with Gasteiger partial charge in [-0.15, -0.1) is 0 Å². The predicted molar refractivity (Wildman–Crippen MR) is 145 cm³/mol. The maximum Gasteiger partial charge on any atom is 0.434 e. The van der Waals surface area contributed by atoms with Crippen molar-refractivity contribution in [2.45, 2.75) is 56.6 Å². The van der Waals surface area contributed by atoms with E-state index in [1.165, 1.54) is 0 Å². The second-order valence-electron chi connectivity index (χ2n) is 10.1. The highest BCUT2D eigenvalue weighted by atomic mass is 19.4. The van der Waals surface area contributed by atoms with E-state index >= 15 is 0 Å². The Hall–Kier alpha value is -4.07. The number of nitrogens with one attached hydrogen (secondary N) is 1. The Morgan fingerprint density at radius 3 is 2.17 bits per heavy atom. The lowest BCUT2D eigenvalue weighted by Gasteiger charge is -2.32. The Balaban J connectivity index is 0.000000310. The summed E-state index contributed by atoms with van der Waals surface area (Å²) in [6, 6.07) is 11.4. The first kappa shape index (κ1) is 30.9. The van der Waals surface area contributed by atoms with Gasteiger partial charge in [0.15, 0.2) is 5.69 Å². The van der Waals surface area contributed by atoms with Crippen LogP contribution in [0.25, 0.3) is 0 Å². The van der Waals surface area contributed by atoms with Crippen LogP contribution in [0.5, 0.6) is 0 Å². The molecule has 1 aromatic heterocycles. The maximum absolute atomic E-state index is 13.0. The number of benzene rings is 2. The normalized spacial score (nSPS) is 20.1. The molecule has 13 heteroatoms. The van der Waals surface area contributed by atoms with E-state index in [-0.39, 0.29) is 18.3 Å². The van der Waals surface area contributed by atoms with Crippen LogP contribution in [0.4, 0.5) is 19.0 Å². The average Bonchev–Trinajstić information content (AvgIpc) is 2.94. The fourth-order valence-corrected chi connectivity index (χ4v) is 4.81. The van der Waals surface area contributed by atoms with Gasteiger partial charge in [0.05, 0.1) is 24.1 Å². The number of ether oxygens (including phenoxy) is 1. The highest BCUT2D eigenvalue weighted by molar-refractivity contribution is 5.96. The SMILES string of the molecule is Nc1cncc(C(F)(F)F)n1.O=C(O)c1cc2ccc1CCc1ccc(c(C(=O)NCC3OCCC(O)C3O)c1)CC2. The molecule has 4 aliphatic carbocycles. The largest absolute Gasteiger partial charge is 0.478 e. The number of rotatable bonds is 4. The van der Waals surface area contributed by atoms with E-state index in [9.17, 15) is 38.1 Å². The van der Waals surface area contributed by atoms with Gasteiger partial charge in [0.2, 0.25) is 0 Å². The summed E-state index contributed by atoms with van der Waals surface area (Å²) in [4.78, 5) is 30.9. The van der Waals surface area contributed by atoms with Crippen LogP contribution in [0.15, 0.2) is 48.8 Å². The van der Waals surface area contributed by atoms with E-state index in [2.05, 4.69) is 15.3 Å². The number of nitrogens with zero attached hydrogens (tertiary/aromatic N) is 2. The molecule has 5 aliphatic rings. The fourth-order valence-electron chi connectivity index (χ4n) is 4.81. The number of alkyl halides is 3. The number of carbonyl (C=O) groups excluding carboxylic acids is 1.